The Balaban J connectivity index is 1.76. The SMILES string of the molecule is CCCCCCc1ccc(C(=O)CN2CCN(CC)CC2)cc1. The van der Waals surface area contributed by atoms with Crippen LogP contribution >= 0.6 is 0 Å². The van der Waals surface area contributed by atoms with Crippen LogP contribution in [0.3, 0.4) is 0 Å². The van der Waals surface area contributed by atoms with Gasteiger partial charge in [-0.05, 0) is 24.9 Å². The Labute approximate surface area is 141 Å². The Hall–Kier alpha value is -1.19. The number of ketones is 1. The van der Waals surface area contributed by atoms with Gasteiger partial charge in [0.25, 0.3) is 0 Å². The van der Waals surface area contributed by atoms with Gasteiger partial charge in [-0.25, -0.2) is 0 Å². The number of nitrogens with zero attached hydrogens (tertiary/aromatic N) is 2. The van der Waals surface area contributed by atoms with Gasteiger partial charge in [0.15, 0.2) is 5.78 Å². The molecule has 1 heterocycles. The van der Waals surface area contributed by atoms with Gasteiger partial charge in [-0.15, -0.1) is 0 Å². The summed E-state index contributed by atoms with van der Waals surface area (Å²) in [5, 5.41) is 0. The highest BCUT2D eigenvalue weighted by Crippen LogP contribution is 2.11. The molecular weight excluding hydrogens is 284 g/mol. The van der Waals surface area contributed by atoms with Crippen LogP contribution < -0.4 is 0 Å². The quantitative estimate of drug-likeness (QED) is 0.513. The van der Waals surface area contributed by atoms with Crippen LogP contribution in [0.4, 0.5) is 0 Å². The van der Waals surface area contributed by atoms with E-state index in [1.165, 1.54) is 31.2 Å². The number of hydrogen-bond donors (Lipinski definition) is 0. The first kappa shape index (κ1) is 18.2. The molecule has 0 spiro atoms. The van der Waals surface area contributed by atoms with Gasteiger partial charge in [0, 0.05) is 31.7 Å². The first-order valence-electron chi connectivity index (χ1n) is 9.29. The lowest BCUT2D eigenvalue weighted by molar-refractivity contribution is 0.0859. The minimum atomic E-state index is 0.257. The number of rotatable bonds is 9. The number of carbonyl (C=O) groups is 1. The molecule has 3 nitrogen and oxygen atoms in total. The van der Waals surface area contributed by atoms with E-state index in [0.717, 1.165) is 44.7 Å². The average Bonchev–Trinajstić information content (AvgIpc) is 2.60. The fraction of sp³-hybridized carbons (Fsp3) is 0.650. The van der Waals surface area contributed by atoms with E-state index in [2.05, 4.69) is 35.8 Å². The van der Waals surface area contributed by atoms with Crippen LogP contribution in [0.1, 0.15) is 55.5 Å². The van der Waals surface area contributed by atoms with E-state index in [9.17, 15) is 4.79 Å². The van der Waals surface area contributed by atoms with Gasteiger partial charge in [-0.3, -0.25) is 9.69 Å². The molecule has 0 radical (unpaired) electrons. The van der Waals surface area contributed by atoms with Crippen molar-refractivity contribution in [2.45, 2.75) is 46.0 Å². The van der Waals surface area contributed by atoms with Crippen molar-refractivity contribution < 1.29 is 4.79 Å². The minimum Gasteiger partial charge on any atom is -0.301 e. The molecular formula is C20H32N2O. The first-order chi connectivity index (χ1) is 11.2. The lowest BCUT2D eigenvalue weighted by Crippen LogP contribution is -2.47. The van der Waals surface area contributed by atoms with Crippen LogP contribution in [-0.4, -0.2) is 54.9 Å². The van der Waals surface area contributed by atoms with E-state index in [1.54, 1.807) is 0 Å². The van der Waals surface area contributed by atoms with Crippen molar-refractivity contribution in [3.63, 3.8) is 0 Å². The summed E-state index contributed by atoms with van der Waals surface area (Å²) in [5.74, 6) is 0.257. The molecule has 0 saturated carbocycles. The molecule has 23 heavy (non-hydrogen) atoms. The number of hydrogen-bond acceptors (Lipinski definition) is 3. The Morgan fingerprint density at radius 1 is 0.913 bits per heavy atom. The number of aryl methyl sites for hydroxylation is 1. The number of Topliss-reactive ketones (excluding diaryl/α,β-unsaturated/α-hetero) is 1. The van der Waals surface area contributed by atoms with E-state index in [1.807, 2.05) is 12.1 Å². The normalized spacial score (nSPS) is 16.6. The fourth-order valence-corrected chi connectivity index (χ4v) is 3.17. The highest BCUT2D eigenvalue weighted by Gasteiger charge is 2.18. The summed E-state index contributed by atoms with van der Waals surface area (Å²) in [6.45, 7) is 10.3. The number of unbranched alkanes of at least 4 members (excludes halogenated alkanes) is 3. The van der Waals surface area contributed by atoms with Crippen LogP contribution in [-0.2, 0) is 6.42 Å². The number of likely N-dealkylation sites (N-methyl/N-ethyl adjacent to an activating group) is 1. The monoisotopic (exact) mass is 316 g/mol. The average molecular weight is 316 g/mol. The van der Waals surface area contributed by atoms with Crippen molar-refractivity contribution in [2.24, 2.45) is 0 Å². The van der Waals surface area contributed by atoms with Crippen molar-refractivity contribution in [3.05, 3.63) is 35.4 Å². The zero-order valence-corrected chi connectivity index (χ0v) is 14.9. The molecule has 1 aliphatic heterocycles. The third-order valence-electron chi connectivity index (χ3n) is 4.87. The molecule has 0 amide bonds. The summed E-state index contributed by atoms with van der Waals surface area (Å²) in [6, 6.07) is 8.29. The van der Waals surface area contributed by atoms with Gasteiger partial charge in [-0.1, -0.05) is 57.4 Å². The zero-order valence-electron chi connectivity index (χ0n) is 14.9. The Bertz CT molecular complexity index is 461. The molecule has 128 valence electrons. The summed E-state index contributed by atoms with van der Waals surface area (Å²) < 4.78 is 0. The van der Waals surface area contributed by atoms with Gasteiger partial charge >= 0.3 is 0 Å². The molecule has 0 aromatic heterocycles. The van der Waals surface area contributed by atoms with E-state index in [0.29, 0.717) is 6.54 Å². The summed E-state index contributed by atoms with van der Waals surface area (Å²) in [5.41, 5.74) is 2.22. The topological polar surface area (TPSA) is 23.6 Å². The largest absolute Gasteiger partial charge is 0.301 e. The standard InChI is InChI=1S/C20H32N2O/c1-3-5-6-7-8-18-9-11-19(12-10-18)20(23)17-22-15-13-21(4-2)14-16-22/h9-12H,3-8,13-17H2,1-2H3. The number of benzene rings is 1. The summed E-state index contributed by atoms with van der Waals surface area (Å²) >= 11 is 0. The van der Waals surface area contributed by atoms with E-state index < -0.39 is 0 Å². The van der Waals surface area contributed by atoms with Crippen LogP contribution in [0.2, 0.25) is 0 Å². The molecule has 1 aromatic carbocycles. The molecule has 3 heteroatoms. The minimum absolute atomic E-state index is 0.257. The second kappa shape index (κ2) is 9.84. The fourth-order valence-electron chi connectivity index (χ4n) is 3.17. The summed E-state index contributed by atoms with van der Waals surface area (Å²) in [4.78, 5) is 17.1. The molecule has 2 rings (SSSR count). The summed E-state index contributed by atoms with van der Waals surface area (Å²) in [6.07, 6.45) is 6.29. The Kier molecular flexibility index (Phi) is 7.77. The van der Waals surface area contributed by atoms with Crippen molar-refractivity contribution >= 4 is 5.78 Å². The first-order valence-corrected chi connectivity index (χ1v) is 9.29. The van der Waals surface area contributed by atoms with Crippen molar-refractivity contribution in [2.75, 3.05) is 39.3 Å². The van der Waals surface area contributed by atoms with E-state index >= 15 is 0 Å². The highest BCUT2D eigenvalue weighted by atomic mass is 16.1. The Morgan fingerprint density at radius 2 is 1.57 bits per heavy atom. The van der Waals surface area contributed by atoms with Gasteiger partial charge in [-0.2, -0.15) is 0 Å². The van der Waals surface area contributed by atoms with Gasteiger partial charge in [0.1, 0.15) is 0 Å². The lowest BCUT2D eigenvalue weighted by atomic mass is 10.0. The molecule has 1 aromatic rings. The van der Waals surface area contributed by atoms with Crippen LogP contribution in [0.25, 0.3) is 0 Å². The van der Waals surface area contributed by atoms with Crippen LogP contribution in [0.15, 0.2) is 24.3 Å². The van der Waals surface area contributed by atoms with Crippen LogP contribution in [0, 0.1) is 0 Å². The molecule has 1 fully saturated rings. The zero-order chi connectivity index (χ0) is 16.5. The lowest BCUT2D eigenvalue weighted by Gasteiger charge is -2.33. The Morgan fingerprint density at radius 3 is 2.17 bits per heavy atom. The number of piperazine rings is 1. The molecule has 0 atom stereocenters. The molecule has 1 saturated heterocycles. The maximum Gasteiger partial charge on any atom is 0.176 e. The second-order valence-electron chi connectivity index (χ2n) is 6.64. The second-order valence-corrected chi connectivity index (χ2v) is 6.64. The maximum atomic E-state index is 12.4. The van der Waals surface area contributed by atoms with Crippen molar-refractivity contribution in [3.8, 4) is 0 Å². The number of carbonyl (C=O) groups excluding carboxylic acids is 1. The highest BCUT2D eigenvalue weighted by molar-refractivity contribution is 5.97. The molecule has 0 unspecified atom stereocenters. The third-order valence-corrected chi connectivity index (χ3v) is 4.87. The van der Waals surface area contributed by atoms with E-state index in [-0.39, 0.29) is 5.78 Å². The van der Waals surface area contributed by atoms with Gasteiger partial charge in [0.05, 0.1) is 6.54 Å². The smallest absolute Gasteiger partial charge is 0.176 e. The third kappa shape index (κ3) is 6.08. The van der Waals surface area contributed by atoms with Gasteiger partial charge < -0.3 is 4.90 Å². The van der Waals surface area contributed by atoms with Crippen molar-refractivity contribution in [1.82, 2.24) is 9.80 Å². The van der Waals surface area contributed by atoms with Crippen LogP contribution in [0.5, 0.6) is 0 Å². The molecule has 0 aliphatic carbocycles. The molecule has 1 aliphatic rings. The van der Waals surface area contributed by atoms with Crippen molar-refractivity contribution in [1.29, 1.82) is 0 Å². The predicted octanol–water partition coefficient (Wildman–Crippen LogP) is 3.63. The predicted molar refractivity (Wildman–Crippen MR) is 97.2 cm³/mol. The summed E-state index contributed by atoms with van der Waals surface area (Å²) in [7, 11) is 0. The van der Waals surface area contributed by atoms with Gasteiger partial charge in [0.2, 0.25) is 0 Å². The van der Waals surface area contributed by atoms with E-state index in [4.69, 9.17) is 0 Å². The maximum absolute atomic E-state index is 12.4. The molecule has 0 N–H and O–H groups in total. The molecule has 0 bridgehead atoms.